The molecule has 0 spiro atoms. The van der Waals surface area contributed by atoms with Gasteiger partial charge in [-0.2, -0.15) is 5.10 Å². The predicted molar refractivity (Wildman–Crippen MR) is 108 cm³/mol. The fourth-order valence-corrected chi connectivity index (χ4v) is 3.22. The van der Waals surface area contributed by atoms with Crippen LogP contribution in [0.1, 0.15) is 23.5 Å². The van der Waals surface area contributed by atoms with E-state index in [0.29, 0.717) is 11.5 Å². The van der Waals surface area contributed by atoms with Crippen LogP contribution in [0.4, 0.5) is 17.2 Å². The van der Waals surface area contributed by atoms with Crippen molar-refractivity contribution in [2.75, 3.05) is 19.5 Å². The van der Waals surface area contributed by atoms with Crippen LogP contribution in [-0.4, -0.2) is 40.2 Å². The Balaban J connectivity index is 0.000000755. The van der Waals surface area contributed by atoms with E-state index >= 15 is 0 Å². The number of rotatable bonds is 5. The molecule has 1 unspecified atom stereocenters. The Hall–Kier alpha value is -3.59. The number of nitrogens with zero attached hydrogens (tertiary/aromatic N) is 4. The summed E-state index contributed by atoms with van der Waals surface area (Å²) in [4.78, 5) is 26.3. The van der Waals surface area contributed by atoms with Crippen LogP contribution in [0.2, 0.25) is 0 Å². The van der Waals surface area contributed by atoms with Crippen molar-refractivity contribution in [3.63, 3.8) is 0 Å². The fraction of sp³-hybridized carbons (Fsp3) is 0.250. The number of pyridine rings is 1. The standard InChI is InChI=1S/C18H15N5O3.C2H6O/c24-11-13-3-2-12-10-14(4-5-15(12)13)20-18-16(23(25)26)6-7-17(21-18)22-9-1-8-19-22;1-3-2/h1,4-11,13H,2-3H2,(H,20,21);1-2H3. The van der Waals surface area contributed by atoms with Gasteiger partial charge in [-0.25, -0.2) is 9.67 Å². The molecule has 1 aliphatic carbocycles. The van der Waals surface area contributed by atoms with Gasteiger partial charge in [-0.15, -0.1) is 0 Å². The lowest BCUT2D eigenvalue weighted by Crippen LogP contribution is -2.05. The van der Waals surface area contributed by atoms with E-state index in [1.165, 1.54) is 10.7 Å². The van der Waals surface area contributed by atoms with Gasteiger partial charge in [0.05, 0.1) is 4.92 Å². The second kappa shape index (κ2) is 9.07. The van der Waals surface area contributed by atoms with E-state index in [-0.39, 0.29) is 17.4 Å². The third kappa shape index (κ3) is 4.46. The van der Waals surface area contributed by atoms with E-state index in [1.54, 1.807) is 38.7 Å². The summed E-state index contributed by atoms with van der Waals surface area (Å²) in [7, 11) is 3.25. The molecule has 0 aliphatic heterocycles. The van der Waals surface area contributed by atoms with E-state index in [4.69, 9.17) is 0 Å². The molecule has 1 atom stereocenters. The molecule has 3 aromatic rings. The molecule has 29 heavy (non-hydrogen) atoms. The van der Waals surface area contributed by atoms with Gasteiger partial charge in [0, 0.05) is 44.3 Å². The zero-order chi connectivity index (χ0) is 20.8. The molecule has 0 saturated carbocycles. The number of fused-ring (bicyclic) bond motifs is 1. The molecule has 9 heteroatoms. The largest absolute Gasteiger partial charge is 0.388 e. The fourth-order valence-electron chi connectivity index (χ4n) is 3.22. The van der Waals surface area contributed by atoms with Crippen molar-refractivity contribution >= 4 is 23.5 Å². The molecule has 4 rings (SSSR count). The van der Waals surface area contributed by atoms with Gasteiger partial charge in [-0.3, -0.25) is 10.1 Å². The number of nitrogens with one attached hydrogen (secondary N) is 1. The van der Waals surface area contributed by atoms with Gasteiger partial charge in [0.2, 0.25) is 5.82 Å². The Morgan fingerprint density at radius 3 is 2.76 bits per heavy atom. The molecule has 9 nitrogen and oxygen atoms in total. The van der Waals surface area contributed by atoms with Gasteiger partial charge >= 0.3 is 5.69 Å². The number of aryl methyl sites for hydroxylation is 1. The van der Waals surface area contributed by atoms with Gasteiger partial charge in [-0.05, 0) is 48.2 Å². The topological polar surface area (TPSA) is 112 Å². The number of carbonyl (C=O) groups excluding carboxylic acids is 1. The van der Waals surface area contributed by atoms with Crippen LogP contribution in [-0.2, 0) is 16.0 Å². The minimum Gasteiger partial charge on any atom is -0.388 e. The molecular weight excluding hydrogens is 374 g/mol. The average Bonchev–Trinajstić information content (AvgIpc) is 3.38. The number of aromatic nitrogens is 3. The van der Waals surface area contributed by atoms with E-state index in [1.807, 2.05) is 18.2 Å². The summed E-state index contributed by atoms with van der Waals surface area (Å²) >= 11 is 0. The number of hydrogen-bond acceptors (Lipinski definition) is 7. The second-order valence-corrected chi connectivity index (χ2v) is 6.47. The summed E-state index contributed by atoms with van der Waals surface area (Å²) in [6.45, 7) is 0. The highest BCUT2D eigenvalue weighted by Crippen LogP contribution is 2.34. The number of ether oxygens (including phenoxy) is 1. The Morgan fingerprint density at radius 1 is 1.31 bits per heavy atom. The highest BCUT2D eigenvalue weighted by molar-refractivity contribution is 5.70. The molecule has 1 aromatic carbocycles. The molecule has 0 fully saturated rings. The first kappa shape index (κ1) is 20.2. The van der Waals surface area contributed by atoms with Crippen LogP contribution in [0.3, 0.4) is 0 Å². The zero-order valence-electron chi connectivity index (χ0n) is 16.1. The van der Waals surface area contributed by atoms with Gasteiger partial charge in [0.1, 0.15) is 6.29 Å². The minimum atomic E-state index is -0.474. The van der Waals surface area contributed by atoms with E-state index in [9.17, 15) is 14.9 Å². The molecule has 150 valence electrons. The Bertz CT molecular complexity index is 1000. The third-order valence-corrected chi connectivity index (χ3v) is 4.49. The molecule has 0 amide bonds. The van der Waals surface area contributed by atoms with Gasteiger partial charge in [-0.1, -0.05) is 6.07 Å². The lowest BCUT2D eigenvalue weighted by molar-refractivity contribution is -0.384. The maximum atomic E-state index is 11.3. The number of carbonyl (C=O) groups is 1. The van der Waals surface area contributed by atoms with Crippen molar-refractivity contribution in [3.05, 3.63) is 70.0 Å². The molecule has 2 aromatic heterocycles. The Morgan fingerprint density at radius 2 is 2.10 bits per heavy atom. The highest BCUT2D eigenvalue weighted by Gasteiger charge is 2.23. The summed E-state index contributed by atoms with van der Waals surface area (Å²) in [5, 5.41) is 18.5. The van der Waals surface area contributed by atoms with Crippen molar-refractivity contribution in [1.29, 1.82) is 0 Å². The smallest absolute Gasteiger partial charge is 0.311 e. The van der Waals surface area contributed by atoms with Crippen LogP contribution >= 0.6 is 0 Å². The Labute approximate surface area is 167 Å². The van der Waals surface area contributed by atoms with E-state index in [0.717, 1.165) is 30.3 Å². The first-order valence-electron chi connectivity index (χ1n) is 8.98. The van der Waals surface area contributed by atoms with Gasteiger partial charge in [0.15, 0.2) is 5.82 Å². The zero-order valence-corrected chi connectivity index (χ0v) is 16.1. The van der Waals surface area contributed by atoms with Crippen molar-refractivity contribution in [1.82, 2.24) is 14.8 Å². The van der Waals surface area contributed by atoms with Crippen molar-refractivity contribution < 1.29 is 14.5 Å². The highest BCUT2D eigenvalue weighted by atomic mass is 16.6. The van der Waals surface area contributed by atoms with Crippen LogP contribution in [0, 0.1) is 10.1 Å². The van der Waals surface area contributed by atoms with Crippen molar-refractivity contribution in [2.45, 2.75) is 18.8 Å². The lowest BCUT2D eigenvalue weighted by atomic mass is 10.0. The number of anilines is 2. The summed E-state index contributed by atoms with van der Waals surface area (Å²) < 4.78 is 5.78. The monoisotopic (exact) mass is 395 g/mol. The van der Waals surface area contributed by atoms with Gasteiger partial charge in [0.25, 0.3) is 0 Å². The van der Waals surface area contributed by atoms with Gasteiger partial charge < -0.3 is 14.8 Å². The van der Waals surface area contributed by atoms with E-state index < -0.39 is 4.92 Å². The maximum absolute atomic E-state index is 11.3. The van der Waals surface area contributed by atoms with Crippen LogP contribution < -0.4 is 5.32 Å². The number of methoxy groups -OCH3 is 1. The normalized spacial score (nSPS) is 14.5. The Kier molecular flexibility index (Phi) is 6.30. The second-order valence-electron chi connectivity index (χ2n) is 6.47. The summed E-state index contributed by atoms with van der Waals surface area (Å²) in [6, 6.07) is 10.3. The molecule has 0 saturated heterocycles. The number of aldehydes is 1. The molecular formula is C20H21N5O4. The van der Waals surface area contributed by atoms with Crippen molar-refractivity contribution in [2.24, 2.45) is 0 Å². The van der Waals surface area contributed by atoms with Crippen LogP contribution in [0.25, 0.3) is 5.82 Å². The van der Waals surface area contributed by atoms with Crippen molar-refractivity contribution in [3.8, 4) is 5.82 Å². The first-order valence-corrected chi connectivity index (χ1v) is 8.98. The molecule has 0 radical (unpaired) electrons. The summed E-state index contributed by atoms with van der Waals surface area (Å²) in [5.41, 5.74) is 2.69. The molecule has 1 N–H and O–H groups in total. The predicted octanol–water partition coefficient (Wildman–Crippen LogP) is 3.41. The number of nitro groups is 1. The third-order valence-electron chi connectivity index (χ3n) is 4.49. The summed E-state index contributed by atoms with van der Waals surface area (Å²) in [5.74, 6) is 0.563. The molecule has 2 heterocycles. The van der Waals surface area contributed by atoms with E-state index in [2.05, 4.69) is 20.1 Å². The lowest BCUT2D eigenvalue weighted by Gasteiger charge is -2.10. The quantitative estimate of drug-likeness (QED) is 0.400. The first-order chi connectivity index (χ1) is 14.1. The summed E-state index contributed by atoms with van der Waals surface area (Å²) in [6.07, 6.45) is 5.92. The number of hydrogen-bond donors (Lipinski definition) is 1. The van der Waals surface area contributed by atoms with Crippen LogP contribution in [0.15, 0.2) is 48.8 Å². The maximum Gasteiger partial charge on any atom is 0.311 e. The van der Waals surface area contributed by atoms with Crippen LogP contribution in [0.5, 0.6) is 0 Å². The SMILES string of the molecule is COC.O=CC1CCc2cc(Nc3nc(-n4cccn4)ccc3[N+](=O)[O-])ccc21. The molecule has 1 aliphatic rings. The number of benzene rings is 1. The molecule has 0 bridgehead atoms. The average molecular weight is 395 g/mol. The minimum absolute atomic E-state index is 0.0605.